The smallest absolute Gasteiger partial charge is 0.258 e. The third-order valence-corrected chi connectivity index (χ3v) is 4.93. The van der Waals surface area contributed by atoms with Gasteiger partial charge in [-0.25, -0.2) is 0 Å². The van der Waals surface area contributed by atoms with Crippen molar-refractivity contribution in [3.63, 3.8) is 0 Å². The number of aromatic nitrogens is 4. The lowest BCUT2D eigenvalue weighted by atomic mass is 10.2. The molecule has 0 saturated heterocycles. The predicted octanol–water partition coefficient (Wildman–Crippen LogP) is 3.30. The lowest BCUT2D eigenvalue weighted by Gasteiger charge is -2.08. The van der Waals surface area contributed by atoms with Gasteiger partial charge in [-0.15, -0.1) is 0 Å². The van der Waals surface area contributed by atoms with Gasteiger partial charge in [-0.2, -0.15) is 10.2 Å². The third kappa shape index (κ3) is 3.41. The second kappa shape index (κ2) is 6.60. The van der Waals surface area contributed by atoms with Gasteiger partial charge in [-0.3, -0.25) is 14.2 Å². The van der Waals surface area contributed by atoms with Crippen molar-refractivity contribution in [2.75, 3.05) is 5.32 Å². The Morgan fingerprint density at radius 2 is 2.12 bits per heavy atom. The molecule has 0 bridgehead atoms. The Hall–Kier alpha value is -2.41. The van der Waals surface area contributed by atoms with E-state index in [1.54, 1.807) is 24.1 Å². The Morgan fingerprint density at radius 1 is 1.33 bits per heavy atom. The summed E-state index contributed by atoms with van der Waals surface area (Å²) in [5.41, 5.74) is 4.40. The molecule has 1 aromatic carbocycles. The molecule has 0 unspecified atom stereocenters. The molecule has 24 heavy (non-hydrogen) atoms. The first-order valence-electron chi connectivity index (χ1n) is 7.52. The molecular weight excluding hydrogens is 370 g/mol. The lowest BCUT2D eigenvalue weighted by molar-refractivity contribution is 0.102. The minimum absolute atomic E-state index is 0.172. The molecule has 0 aliphatic carbocycles. The summed E-state index contributed by atoms with van der Waals surface area (Å²) in [4.78, 5) is 12.2. The first-order valence-corrected chi connectivity index (χ1v) is 8.32. The molecule has 6 nitrogen and oxygen atoms in total. The minimum Gasteiger partial charge on any atom is -0.322 e. The molecule has 0 aliphatic heterocycles. The van der Waals surface area contributed by atoms with Gasteiger partial charge in [0, 0.05) is 18.9 Å². The zero-order chi connectivity index (χ0) is 17.3. The van der Waals surface area contributed by atoms with Gasteiger partial charge in [0.1, 0.15) is 0 Å². The summed E-state index contributed by atoms with van der Waals surface area (Å²) in [6.45, 7) is 4.64. The second-order valence-electron chi connectivity index (χ2n) is 5.70. The number of carbonyl (C=O) groups is 1. The standard InChI is InChI=1S/C17H18BrN5O/c1-11-16(18)12(2)23(21-11)9-13-5-4-6-15(7-13)20-17(24)14-8-19-22(3)10-14/h4-8,10H,9H2,1-3H3,(H,20,24). The molecule has 1 N–H and O–H groups in total. The van der Waals surface area contributed by atoms with Crippen molar-refractivity contribution >= 4 is 27.5 Å². The molecule has 3 rings (SSSR count). The number of benzene rings is 1. The molecule has 0 fully saturated rings. The van der Waals surface area contributed by atoms with E-state index >= 15 is 0 Å². The zero-order valence-electron chi connectivity index (χ0n) is 13.7. The van der Waals surface area contributed by atoms with E-state index in [9.17, 15) is 4.79 Å². The molecule has 3 aromatic rings. The molecule has 1 amide bonds. The summed E-state index contributed by atoms with van der Waals surface area (Å²) in [6, 6.07) is 7.77. The van der Waals surface area contributed by atoms with Crippen LogP contribution in [-0.2, 0) is 13.6 Å². The third-order valence-electron chi connectivity index (χ3n) is 3.78. The number of rotatable bonds is 4. The fourth-order valence-corrected chi connectivity index (χ4v) is 2.78. The highest BCUT2D eigenvalue weighted by atomic mass is 79.9. The molecule has 0 saturated carbocycles. The molecule has 2 aromatic heterocycles. The van der Waals surface area contributed by atoms with Crippen molar-refractivity contribution in [3.05, 3.63) is 63.6 Å². The van der Waals surface area contributed by atoms with E-state index in [0.29, 0.717) is 12.1 Å². The maximum atomic E-state index is 12.2. The monoisotopic (exact) mass is 387 g/mol. The fourth-order valence-electron chi connectivity index (χ4n) is 2.49. The van der Waals surface area contributed by atoms with E-state index < -0.39 is 0 Å². The van der Waals surface area contributed by atoms with Crippen LogP contribution in [0.25, 0.3) is 0 Å². The van der Waals surface area contributed by atoms with Crippen molar-refractivity contribution in [2.24, 2.45) is 7.05 Å². The summed E-state index contributed by atoms with van der Waals surface area (Å²) in [5, 5.41) is 11.4. The number of anilines is 1. The average Bonchev–Trinajstić information content (AvgIpc) is 3.08. The SMILES string of the molecule is Cc1nn(Cc2cccc(NC(=O)c3cnn(C)c3)c2)c(C)c1Br. The highest BCUT2D eigenvalue weighted by Crippen LogP contribution is 2.21. The van der Waals surface area contributed by atoms with Gasteiger partial charge in [0.2, 0.25) is 0 Å². The summed E-state index contributed by atoms with van der Waals surface area (Å²) in [6.07, 6.45) is 3.24. The number of hydrogen-bond donors (Lipinski definition) is 1. The van der Waals surface area contributed by atoms with Gasteiger partial charge in [-0.1, -0.05) is 12.1 Å². The van der Waals surface area contributed by atoms with Crippen LogP contribution in [0, 0.1) is 13.8 Å². The summed E-state index contributed by atoms with van der Waals surface area (Å²) >= 11 is 3.54. The van der Waals surface area contributed by atoms with E-state index in [1.165, 1.54) is 0 Å². The quantitative estimate of drug-likeness (QED) is 0.746. The Bertz CT molecular complexity index is 896. The molecule has 2 heterocycles. The topological polar surface area (TPSA) is 64.7 Å². The second-order valence-corrected chi connectivity index (χ2v) is 6.49. The van der Waals surface area contributed by atoms with E-state index in [2.05, 4.69) is 31.4 Å². The molecule has 124 valence electrons. The van der Waals surface area contributed by atoms with E-state index in [0.717, 1.165) is 27.1 Å². The normalized spacial score (nSPS) is 10.8. The predicted molar refractivity (Wildman–Crippen MR) is 96.1 cm³/mol. The fraction of sp³-hybridized carbons (Fsp3) is 0.235. The number of amides is 1. The van der Waals surface area contributed by atoms with Gasteiger partial charge >= 0.3 is 0 Å². The molecule has 0 aliphatic rings. The van der Waals surface area contributed by atoms with Crippen molar-refractivity contribution in [1.82, 2.24) is 19.6 Å². The molecular formula is C17H18BrN5O. The van der Waals surface area contributed by atoms with Crippen molar-refractivity contribution in [2.45, 2.75) is 20.4 Å². The van der Waals surface area contributed by atoms with Crippen LogP contribution >= 0.6 is 15.9 Å². The average molecular weight is 388 g/mol. The van der Waals surface area contributed by atoms with Gasteiger partial charge < -0.3 is 5.32 Å². The van der Waals surface area contributed by atoms with Gasteiger partial charge in [-0.05, 0) is 47.5 Å². The van der Waals surface area contributed by atoms with Crippen LogP contribution in [0.5, 0.6) is 0 Å². The lowest BCUT2D eigenvalue weighted by Crippen LogP contribution is -2.11. The van der Waals surface area contributed by atoms with E-state index in [4.69, 9.17) is 0 Å². The van der Waals surface area contributed by atoms with E-state index in [1.807, 2.05) is 42.8 Å². The van der Waals surface area contributed by atoms with Gasteiger partial charge in [0.15, 0.2) is 0 Å². The highest BCUT2D eigenvalue weighted by molar-refractivity contribution is 9.10. The van der Waals surface area contributed by atoms with E-state index in [-0.39, 0.29) is 5.91 Å². The number of carbonyl (C=O) groups excluding carboxylic acids is 1. The van der Waals surface area contributed by atoms with Crippen LogP contribution in [0.15, 0.2) is 41.1 Å². The maximum Gasteiger partial charge on any atom is 0.258 e. The van der Waals surface area contributed by atoms with Gasteiger partial charge in [0.25, 0.3) is 5.91 Å². The number of halogens is 1. The first-order chi connectivity index (χ1) is 11.4. The Morgan fingerprint density at radius 3 is 2.75 bits per heavy atom. The molecule has 0 radical (unpaired) electrons. The van der Waals surface area contributed by atoms with Crippen LogP contribution in [0.1, 0.15) is 27.3 Å². The van der Waals surface area contributed by atoms with Crippen LogP contribution < -0.4 is 5.32 Å². The first kappa shape index (κ1) is 16.4. The Labute approximate surface area is 148 Å². The molecule has 0 spiro atoms. The number of nitrogens with zero attached hydrogens (tertiary/aromatic N) is 4. The van der Waals surface area contributed by atoms with Gasteiger partial charge in [0.05, 0.1) is 34.2 Å². The highest BCUT2D eigenvalue weighted by Gasteiger charge is 2.11. The van der Waals surface area contributed by atoms with Crippen molar-refractivity contribution in [1.29, 1.82) is 0 Å². The maximum absolute atomic E-state index is 12.2. The van der Waals surface area contributed by atoms with Crippen LogP contribution in [-0.4, -0.2) is 25.5 Å². The zero-order valence-corrected chi connectivity index (χ0v) is 15.3. The number of hydrogen-bond acceptors (Lipinski definition) is 3. The number of nitrogens with one attached hydrogen (secondary N) is 1. The number of aryl methyl sites for hydroxylation is 2. The van der Waals surface area contributed by atoms with Crippen LogP contribution in [0.3, 0.4) is 0 Å². The van der Waals surface area contributed by atoms with Crippen molar-refractivity contribution < 1.29 is 4.79 Å². The largest absolute Gasteiger partial charge is 0.322 e. The van der Waals surface area contributed by atoms with Crippen LogP contribution in [0.4, 0.5) is 5.69 Å². The molecule has 7 heteroatoms. The molecule has 0 atom stereocenters. The van der Waals surface area contributed by atoms with Crippen LogP contribution in [0.2, 0.25) is 0 Å². The Kier molecular flexibility index (Phi) is 4.53. The summed E-state index contributed by atoms with van der Waals surface area (Å²) in [7, 11) is 1.78. The van der Waals surface area contributed by atoms with Crippen molar-refractivity contribution in [3.8, 4) is 0 Å². The summed E-state index contributed by atoms with van der Waals surface area (Å²) in [5.74, 6) is -0.172. The Balaban J connectivity index is 1.76. The summed E-state index contributed by atoms with van der Waals surface area (Å²) < 4.78 is 4.58. The minimum atomic E-state index is -0.172.